The van der Waals surface area contributed by atoms with Crippen molar-refractivity contribution in [3.63, 3.8) is 0 Å². The van der Waals surface area contributed by atoms with Crippen LogP contribution in [0, 0.1) is 0 Å². The predicted molar refractivity (Wildman–Crippen MR) is 70.2 cm³/mol. The molecule has 1 aliphatic heterocycles. The SMILES string of the molecule is NNc1ncc(Cl)c(NCC2CCCS2(=O)=O)n1. The van der Waals surface area contributed by atoms with E-state index in [0.29, 0.717) is 30.2 Å². The fourth-order valence-corrected chi connectivity index (χ4v) is 3.78. The van der Waals surface area contributed by atoms with Gasteiger partial charge >= 0.3 is 0 Å². The van der Waals surface area contributed by atoms with E-state index < -0.39 is 9.84 Å². The van der Waals surface area contributed by atoms with Gasteiger partial charge < -0.3 is 5.32 Å². The summed E-state index contributed by atoms with van der Waals surface area (Å²) >= 11 is 5.90. The Kier molecular flexibility index (Phi) is 3.88. The van der Waals surface area contributed by atoms with Gasteiger partial charge in [-0.25, -0.2) is 19.2 Å². The van der Waals surface area contributed by atoms with Crippen molar-refractivity contribution in [1.29, 1.82) is 0 Å². The molecule has 7 nitrogen and oxygen atoms in total. The number of aromatic nitrogens is 2. The molecule has 18 heavy (non-hydrogen) atoms. The van der Waals surface area contributed by atoms with Gasteiger partial charge in [0.05, 0.1) is 17.2 Å². The normalized spacial score (nSPS) is 21.8. The molecule has 0 aliphatic carbocycles. The summed E-state index contributed by atoms with van der Waals surface area (Å²) in [5, 5.41) is 2.87. The number of nitrogen functional groups attached to an aromatic ring is 1. The molecule has 4 N–H and O–H groups in total. The molecule has 2 heterocycles. The van der Waals surface area contributed by atoms with Crippen molar-refractivity contribution in [2.24, 2.45) is 5.84 Å². The van der Waals surface area contributed by atoms with Gasteiger partial charge in [-0.15, -0.1) is 0 Å². The minimum absolute atomic E-state index is 0.219. The number of nitrogens with one attached hydrogen (secondary N) is 2. The molecule has 1 unspecified atom stereocenters. The van der Waals surface area contributed by atoms with Crippen molar-refractivity contribution in [2.75, 3.05) is 23.0 Å². The molecular formula is C9H14ClN5O2S. The maximum Gasteiger partial charge on any atom is 0.239 e. The van der Waals surface area contributed by atoms with E-state index in [9.17, 15) is 8.42 Å². The minimum atomic E-state index is -2.98. The molecule has 0 bridgehead atoms. The Morgan fingerprint density at radius 3 is 2.94 bits per heavy atom. The van der Waals surface area contributed by atoms with Gasteiger partial charge in [-0.3, -0.25) is 5.43 Å². The van der Waals surface area contributed by atoms with Crippen molar-refractivity contribution in [3.05, 3.63) is 11.2 Å². The number of sulfone groups is 1. The molecule has 1 fully saturated rings. The van der Waals surface area contributed by atoms with Gasteiger partial charge in [0.25, 0.3) is 0 Å². The van der Waals surface area contributed by atoms with Crippen LogP contribution < -0.4 is 16.6 Å². The summed E-state index contributed by atoms with van der Waals surface area (Å²) in [5.74, 6) is 6.04. The van der Waals surface area contributed by atoms with Gasteiger partial charge in [-0.2, -0.15) is 4.98 Å². The highest BCUT2D eigenvalue weighted by atomic mass is 35.5. The smallest absolute Gasteiger partial charge is 0.239 e. The summed E-state index contributed by atoms with van der Waals surface area (Å²) in [5.41, 5.74) is 2.30. The highest BCUT2D eigenvalue weighted by molar-refractivity contribution is 7.92. The number of anilines is 2. The van der Waals surface area contributed by atoms with Crippen LogP contribution in [0.15, 0.2) is 6.20 Å². The molecule has 0 spiro atoms. The Morgan fingerprint density at radius 2 is 2.33 bits per heavy atom. The second-order valence-electron chi connectivity index (χ2n) is 4.05. The van der Waals surface area contributed by atoms with E-state index in [0.717, 1.165) is 0 Å². The van der Waals surface area contributed by atoms with Gasteiger partial charge in [0, 0.05) is 6.54 Å². The van der Waals surface area contributed by atoms with E-state index in [1.807, 2.05) is 0 Å². The average molecular weight is 292 g/mol. The summed E-state index contributed by atoms with van der Waals surface area (Å²) in [6, 6.07) is 0. The second kappa shape index (κ2) is 5.25. The standard InChI is InChI=1S/C9H14ClN5O2S/c10-7-5-13-9(15-11)14-8(7)12-4-6-2-1-3-18(6,16)17/h5-6H,1-4,11H2,(H2,12,13,14,15). The van der Waals surface area contributed by atoms with Crippen LogP contribution in [-0.4, -0.2) is 35.9 Å². The van der Waals surface area contributed by atoms with Crippen LogP contribution >= 0.6 is 11.6 Å². The molecule has 1 aromatic rings. The lowest BCUT2D eigenvalue weighted by molar-refractivity contribution is 0.591. The first-order chi connectivity index (χ1) is 8.53. The third kappa shape index (κ3) is 2.82. The summed E-state index contributed by atoms with van der Waals surface area (Å²) in [7, 11) is -2.98. The Morgan fingerprint density at radius 1 is 1.56 bits per heavy atom. The summed E-state index contributed by atoms with van der Waals surface area (Å²) in [4.78, 5) is 7.84. The molecule has 1 aromatic heterocycles. The zero-order valence-electron chi connectivity index (χ0n) is 9.56. The van der Waals surface area contributed by atoms with Crippen LogP contribution in [0.3, 0.4) is 0 Å². The third-order valence-corrected chi connectivity index (χ3v) is 5.39. The lowest BCUT2D eigenvalue weighted by Crippen LogP contribution is -2.25. The fraction of sp³-hybridized carbons (Fsp3) is 0.556. The number of halogens is 1. The van der Waals surface area contributed by atoms with E-state index in [2.05, 4.69) is 20.7 Å². The molecular weight excluding hydrogens is 278 g/mol. The largest absolute Gasteiger partial charge is 0.367 e. The lowest BCUT2D eigenvalue weighted by Gasteiger charge is -2.12. The molecule has 0 amide bonds. The second-order valence-corrected chi connectivity index (χ2v) is 6.85. The van der Waals surface area contributed by atoms with E-state index in [-0.39, 0.29) is 17.0 Å². The van der Waals surface area contributed by atoms with Crippen molar-refractivity contribution < 1.29 is 8.42 Å². The topological polar surface area (TPSA) is 110 Å². The van der Waals surface area contributed by atoms with Gasteiger partial charge in [0.15, 0.2) is 15.7 Å². The van der Waals surface area contributed by atoms with Crippen molar-refractivity contribution >= 4 is 33.2 Å². The monoisotopic (exact) mass is 291 g/mol. The number of rotatable bonds is 4. The zero-order valence-corrected chi connectivity index (χ0v) is 11.1. The molecule has 1 saturated heterocycles. The number of hydrogen-bond acceptors (Lipinski definition) is 7. The van der Waals surface area contributed by atoms with Crippen LogP contribution in [0.25, 0.3) is 0 Å². The highest BCUT2D eigenvalue weighted by Crippen LogP contribution is 2.23. The number of nitrogens with zero attached hydrogens (tertiary/aromatic N) is 2. The van der Waals surface area contributed by atoms with Gasteiger partial charge in [0.2, 0.25) is 5.95 Å². The van der Waals surface area contributed by atoms with Gasteiger partial charge in [-0.05, 0) is 12.8 Å². The number of nitrogens with two attached hydrogens (primary N) is 1. The Balaban J connectivity index is 2.06. The average Bonchev–Trinajstić information content (AvgIpc) is 2.67. The van der Waals surface area contributed by atoms with Crippen molar-refractivity contribution in [1.82, 2.24) is 9.97 Å². The molecule has 1 atom stereocenters. The molecule has 9 heteroatoms. The summed E-state index contributed by atoms with van der Waals surface area (Å²) < 4.78 is 23.3. The first-order valence-corrected chi connectivity index (χ1v) is 7.57. The maximum atomic E-state index is 11.7. The van der Waals surface area contributed by atoms with Crippen molar-refractivity contribution in [3.8, 4) is 0 Å². The molecule has 1 aliphatic rings. The first kappa shape index (κ1) is 13.3. The van der Waals surface area contributed by atoms with E-state index in [1.165, 1.54) is 6.20 Å². The Labute approximate surface area is 110 Å². The lowest BCUT2D eigenvalue weighted by atomic mass is 10.2. The Hall–Kier alpha value is -1.12. The van der Waals surface area contributed by atoms with E-state index in [1.54, 1.807) is 0 Å². The van der Waals surface area contributed by atoms with Gasteiger partial charge in [-0.1, -0.05) is 11.6 Å². The highest BCUT2D eigenvalue weighted by Gasteiger charge is 2.31. The van der Waals surface area contributed by atoms with Crippen LogP contribution in [0.1, 0.15) is 12.8 Å². The molecule has 0 saturated carbocycles. The maximum absolute atomic E-state index is 11.7. The van der Waals surface area contributed by atoms with Crippen LogP contribution in [0.4, 0.5) is 11.8 Å². The zero-order chi connectivity index (χ0) is 13.2. The minimum Gasteiger partial charge on any atom is -0.367 e. The summed E-state index contributed by atoms with van der Waals surface area (Å²) in [6.45, 7) is 0.295. The first-order valence-electron chi connectivity index (χ1n) is 5.47. The fourth-order valence-electron chi connectivity index (χ4n) is 1.86. The Bertz CT molecular complexity index is 536. The quantitative estimate of drug-likeness (QED) is 0.544. The van der Waals surface area contributed by atoms with Gasteiger partial charge in [0.1, 0.15) is 5.02 Å². The number of hydrazine groups is 1. The van der Waals surface area contributed by atoms with Crippen LogP contribution in [-0.2, 0) is 9.84 Å². The van der Waals surface area contributed by atoms with Crippen LogP contribution in [0.2, 0.25) is 5.02 Å². The molecule has 0 aromatic carbocycles. The van der Waals surface area contributed by atoms with Crippen molar-refractivity contribution in [2.45, 2.75) is 18.1 Å². The summed E-state index contributed by atoms with van der Waals surface area (Å²) in [6.07, 6.45) is 2.77. The molecule has 100 valence electrons. The third-order valence-electron chi connectivity index (χ3n) is 2.83. The predicted octanol–water partition coefficient (Wildman–Crippen LogP) is 0.405. The van der Waals surface area contributed by atoms with E-state index in [4.69, 9.17) is 17.4 Å². The number of hydrogen-bond donors (Lipinski definition) is 3. The molecule has 2 rings (SSSR count). The van der Waals surface area contributed by atoms with Crippen LogP contribution in [0.5, 0.6) is 0 Å². The molecule has 0 radical (unpaired) electrons. The van der Waals surface area contributed by atoms with E-state index >= 15 is 0 Å².